The maximum absolute atomic E-state index is 12.5. The lowest BCUT2D eigenvalue weighted by molar-refractivity contribution is 0.146. The molecular weight excluding hydrogens is 214 g/mol. The first-order valence-corrected chi connectivity index (χ1v) is 5.21. The summed E-state index contributed by atoms with van der Waals surface area (Å²) in [6, 6.07) is 4.30. The topological polar surface area (TPSA) is 29.5 Å². The summed E-state index contributed by atoms with van der Waals surface area (Å²) in [6.45, 7) is 0. The summed E-state index contributed by atoms with van der Waals surface area (Å²) in [6.07, 6.45) is -0.639. The van der Waals surface area contributed by atoms with Crippen LogP contribution >= 0.6 is 0 Å². The maximum atomic E-state index is 12.5. The molecule has 0 saturated heterocycles. The molecule has 88 valence electrons. The molecule has 2 nitrogen and oxygen atoms in total. The normalized spacial score (nSPS) is 17.6. The Morgan fingerprint density at radius 2 is 2.12 bits per heavy atom. The molecule has 0 heterocycles. The van der Waals surface area contributed by atoms with Crippen LogP contribution in [0, 0.1) is 0 Å². The highest BCUT2D eigenvalue weighted by atomic mass is 19.3. The SMILES string of the molecule is COc1ccc(C(F)F)cc1CC1(O)CC1. The largest absolute Gasteiger partial charge is 0.496 e. The molecule has 0 radical (unpaired) electrons. The molecular formula is C12H14F2O2. The average molecular weight is 228 g/mol. The molecule has 0 unspecified atom stereocenters. The molecule has 0 bridgehead atoms. The van der Waals surface area contributed by atoms with E-state index in [4.69, 9.17) is 4.74 Å². The summed E-state index contributed by atoms with van der Waals surface area (Å²) in [5.41, 5.74) is -0.0750. The summed E-state index contributed by atoms with van der Waals surface area (Å²) < 4.78 is 30.2. The van der Waals surface area contributed by atoms with Gasteiger partial charge in [0.15, 0.2) is 0 Å². The lowest BCUT2D eigenvalue weighted by Gasteiger charge is -2.13. The predicted molar refractivity (Wildman–Crippen MR) is 55.8 cm³/mol. The molecule has 0 atom stereocenters. The van der Waals surface area contributed by atoms with Crippen molar-refractivity contribution >= 4 is 0 Å². The molecule has 1 saturated carbocycles. The van der Waals surface area contributed by atoms with Gasteiger partial charge in [0.1, 0.15) is 5.75 Å². The van der Waals surface area contributed by atoms with Gasteiger partial charge in [-0.3, -0.25) is 0 Å². The van der Waals surface area contributed by atoms with Crippen molar-refractivity contribution in [1.82, 2.24) is 0 Å². The van der Waals surface area contributed by atoms with Gasteiger partial charge in [0, 0.05) is 12.0 Å². The van der Waals surface area contributed by atoms with E-state index in [1.54, 1.807) is 0 Å². The van der Waals surface area contributed by atoms with Crippen LogP contribution in [0.1, 0.15) is 30.4 Å². The minimum absolute atomic E-state index is 0.0277. The minimum atomic E-state index is -2.49. The van der Waals surface area contributed by atoms with Crippen molar-refractivity contribution in [2.75, 3.05) is 7.11 Å². The number of hydrogen-bond acceptors (Lipinski definition) is 2. The van der Waals surface area contributed by atoms with Gasteiger partial charge in [0.05, 0.1) is 12.7 Å². The van der Waals surface area contributed by atoms with Gasteiger partial charge in [-0.05, 0) is 36.6 Å². The second kappa shape index (κ2) is 4.01. The van der Waals surface area contributed by atoms with E-state index in [9.17, 15) is 13.9 Å². The van der Waals surface area contributed by atoms with Crippen LogP contribution in [0.4, 0.5) is 8.78 Å². The minimum Gasteiger partial charge on any atom is -0.496 e. The van der Waals surface area contributed by atoms with Crippen LogP contribution in [0.3, 0.4) is 0 Å². The van der Waals surface area contributed by atoms with Crippen molar-refractivity contribution in [3.05, 3.63) is 29.3 Å². The van der Waals surface area contributed by atoms with Crippen LogP contribution in [-0.2, 0) is 6.42 Å². The third kappa shape index (κ3) is 2.32. The van der Waals surface area contributed by atoms with Crippen molar-refractivity contribution in [1.29, 1.82) is 0 Å². The van der Waals surface area contributed by atoms with Gasteiger partial charge in [0.25, 0.3) is 6.43 Å². The molecule has 0 amide bonds. The Kier molecular flexibility index (Phi) is 2.84. The van der Waals surface area contributed by atoms with Crippen molar-refractivity contribution < 1.29 is 18.6 Å². The average Bonchev–Trinajstić information content (AvgIpc) is 2.96. The molecule has 4 heteroatoms. The van der Waals surface area contributed by atoms with E-state index in [0.717, 1.165) is 12.8 Å². The van der Waals surface area contributed by atoms with Crippen molar-refractivity contribution in [3.63, 3.8) is 0 Å². The van der Waals surface area contributed by atoms with Gasteiger partial charge in [0.2, 0.25) is 0 Å². The zero-order valence-corrected chi connectivity index (χ0v) is 9.04. The highest BCUT2D eigenvalue weighted by Gasteiger charge is 2.40. The maximum Gasteiger partial charge on any atom is 0.263 e. The summed E-state index contributed by atoms with van der Waals surface area (Å²) in [7, 11) is 1.50. The zero-order valence-electron chi connectivity index (χ0n) is 9.04. The van der Waals surface area contributed by atoms with Gasteiger partial charge < -0.3 is 9.84 Å². The highest BCUT2D eigenvalue weighted by molar-refractivity contribution is 5.39. The summed E-state index contributed by atoms with van der Waals surface area (Å²) in [4.78, 5) is 0. The zero-order chi connectivity index (χ0) is 11.8. The molecule has 1 aliphatic rings. The molecule has 0 spiro atoms. The standard InChI is InChI=1S/C12H14F2O2/c1-16-10-3-2-8(11(13)14)6-9(10)7-12(15)4-5-12/h2-3,6,11,15H,4-5,7H2,1H3. The smallest absolute Gasteiger partial charge is 0.263 e. The van der Waals surface area contributed by atoms with Gasteiger partial charge in [-0.15, -0.1) is 0 Å². The molecule has 1 aliphatic carbocycles. The molecule has 1 aromatic rings. The lowest BCUT2D eigenvalue weighted by Crippen LogP contribution is -2.12. The predicted octanol–water partition coefficient (Wildman–Crippen LogP) is 2.70. The van der Waals surface area contributed by atoms with Crippen molar-refractivity contribution in [2.24, 2.45) is 0 Å². The van der Waals surface area contributed by atoms with E-state index in [1.165, 1.54) is 25.3 Å². The Hall–Kier alpha value is -1.16. The van der Waals surface area contributed by atoms with E-state index >= 15 is 0 Å². The van der Waals surface area contributed by atoms with Crippen LogP contribution in [0.25, 0.3) is 0 Å². The molecule has 2 rings (SSSR count). The molecule has 0 aliphatic heterocycles. The molecule has 16 heavy (non-hydrogen) atoms. The first-order valence-electron chi connectivity index (χ1n) is 5.21. The number of methoxy groups -OCH3 is 1. The van der Waals surface area contributed by atoms with Gasteiger partial charge >= 0.3 is 0 Å². The molecule has 0 aromatic heterocycles. The molecule has 1 fully saturated rings. The number of ether oxygens (including phenoxy) is 1. The molecule has 1 aromatic carbocycles. The summed E-state index contributed by atoms with van der Waals surface area (Å²) in [5.74, 6) is 0.560. The number of aliphatic hydroxyl groups is 1. The van der Waals surface area contributed by atoms with Crippen LogP contribution in [0.2, 0.25) is 0 Å². The Morgan fingerprint density at radius 3 is 2.62 bits per heavy atom. The van der Waals surface area contributed by atoms with Crippen LogP contribution in [0.5, 0.6) is 5.75 Å². The Bertz CT molecular complexity index is 387. The van der Waals surface area contributed by atoms with E-state index in [0.29, 0.717) is 17.7 Å². The monoisotopic (exact) mass is 228 g/mol. The van der Waals surface area contributed by atoms with Crippen LogP contribution < -0.4 is 4.74 Å². The number of alkyl halides is 2. The third-order valence-electron chi connectivity index (χ3n) is 2.90. The number of rotatable bonds is 4. The Balaban J connectivity index is 2.27. The summed E-state index contributed by atoms with van der Waals surface area (Å²) >= 11 is 0. The lowest BCUT2D eigenvalue weighted by atomic mass is 10.0. The fraction of sp³-hybridized carbons (Fsp3) is 0.500. The number of halogens is 2. The Morgan fingerprint density at radius 1 is 1.44 bits per heavy atom. The fourth-order valence-electron chi connectivity index (χ4n) is 1.75. The van der Waals surface area contributed by atoms with Gasteiger partial charge in [-0.25, -0.2) is 8.78 Å². The van der Waals surface area contributed by atoms with E-state index < -0.39 is 12.0 Å². The number of benzene rings is 1. The van der Waals surface area contributed by atoms with Crippen LogP contribution in [-0.4, -0.2) is 17.8 Å². The quantitative estimate of drug-likeness (QED) is 0.858. The highest BCUT2D eigenvalue weighted by Crippen LogP contribution is 2.40. The second-order valence-electron chi connectivity index (χ2n) is 4.27. The summed E-state index contributed by atoms with van der Waals surface area (Å²) in [5, 5.41) is 9.79. The van der Waals surface area contributed by atoms with E-state index in [1.807, 2.05) is 0 Å². The third-order valence-corrected chi connectivity index (χ3v) is 2.90. The first-order chi connectivity index (χ1) is 7.54. The van der Waals surface area contributed by atoms with Crippen molar-refractivity contribution in [2.45, 2.75) is 31.3 Å². The molecule has 1 N–H and O–H groups in total. The first kappa shape index (κ1) is 11.3. The van der Waals surface area contributed by atoms with E-state index in [2.05, 4.69) is 0 Å². The van der Waals surface area contributed by atoms with Gasteiger partial charge in [-0.1, -0.05) is 0 Å². The van der Waals surface area contributed by atoms with E-state index in [-0.39, 0.29) is 5.56 Å². The van der Waals surface area contributed by atoms with Crippen molar-refractivity contribution in [3.8, 4) is 5.75 Å². The Labute approximate surface area is 92.9 Å². The fourth-order valence-corrected chi connectivity index (χ4v) is 1.75. The van der Waals surface area contributed by atoms with Gasteiger partial charge in [-0.2, -0.15) is 0 Å². The van der Waals surface area contributed by atoms with Crippen LogP contribution in [0.15, 0.2) is 18.2 Å². The second-order valence-corrected chi connectivity index (χ2v) is 4.27. The number of hydrogen-bond donors (Lipinski definition) is 1.